The number of esters is 1. The number of hydrogen-bond acceptors (Lipinski definition) is 3. The van der Waals surface area contributed by atoms with Crippen molar-refractivity contribution in [3.8, 4) is 0 Å². The molecule has 2 heterocycles. The predicted octanol–water partition coefficient (Wildman–Crippen LogP) is 2.46. The van der Waals surface area contributed by atoms with Crippen molar-refractivity contribution < 1.29 is 22.7 Å². The minimum absolute atomic E-state index is 0.0587. The van der Waals surface area contributed by atoms with Crippen LogP contribution in [0.25, 0.3) is 5.65 Å². The Morgan fingerprint density at radius 3 is 2.74 bits per heavy atom. The predicted molar refractivity (Wildman–Crippen MR) is 60.5 cm³/mol. The van der Waals surface area contributed by atoms with E-state index in [4.69, 9.17) is 4.74 Å². The highest BCUT2D eigenvalue weighted by atomic mass is 19.4. The summed E-state index contributed by atoms with van der Waals surface area (Å²) in [7, 11) is 0. The van der Waals surface area contributed by atoms with Gasteiger partial charge < -0.3 is 9.14 Å². The summed E-state index contributed by atoms with van der Waals surface area (Å²) in [6, 6.07) is 2.22. The monoisotopic (exact) mass is 272 g/mol. The van der Waals surface area contributed by atoms with Crippen molar-refractivity contribution in [1.29, 1.82) is 0 Å². The van der Waals surface area contributed by atoms with Crippen LogP contribution in [0.2, 0.25) is 0 Å². The summed E-state index contributed by atoms with van der Waals surface area (Å²) >= 11 is 0. The number of nitrogens with zero attached hydrogens (tertiary/aromatic N) is 2. The van der Waals surface area contributed by atoms with Gasteiger partial charge in [0, 0.05) is 12.4 Å². The molecule has 0 saturated carbocycles. The van der Waals surface area contributed by atoms with E-state index in [0.29, 0.717) is 11.3 Å². The van der Waals surface area contributed by atoms with Crippen molar-refractivity contribution in [2.75, 3.05) is 6.61 Å². The number of carbonyl (C=O) groups excluding carboxylic acids is 1. The first kappa shape index (κ1) is 13.4. The van der Waals surface area contributed by atoms with Crippen molar-refractivity contribution in [1.82, 2.24) is 9.38 Å². The Morgan fingerprint density at radius 2 is 2.11 bits per heavy atom. The first-order chi connectivity index (χ1) is 8.90. The number of imidazole rings is 1. The highest BCUT2D eigenvalue weighted by Gasteiger charge is 2.30. The Kier molecular flexibility index (Phi) is 3.46. The first-order valence-corrected chi connectivity index (χ1v) is 5.60. The number of fused-ring (bicyclic) bond motifs is 1. The lowest BCUT2D eigenvalue weighted by molar-refractivity contribution is -0.142. The third-order valence-electron chi connectivity index (χ3n) is 2.46. The van der Waals surface area contributed by atoms with Crippen LogP contribution < -0.4 is 0 Å². The van der Waals surface area contributed by atoms with Crippen LogP contribution in [0.5, 0.6) is 0 Å². The fourth-order valence-corrected chi connectivity index (χ4v) is 1.66. The highest BCUT2D eigenvalue weighted by Crippen LogP contribution is 2.29. The van der Waals surface area contributed by atoms with E-state index in [1.54, 1.807) is 6.92 Å². The highest BCUT2D eigenvalue weighted by molar-refractivity contribution is 5.72. The molecule has 2 rings (SSSR count). The van der Waals surface area contributed by atoms with Gasteiger partial charge in [-0.05, 0) is 19.1 Å². The normalized spacial score (nSPS) is 11.8. The maximum absolute atomic E-state index is 12.5. The third kappa shape index (κ3) is 3.04. The van der Waals surface area contributed by atoms with Gasteiger partial charge in [0.15, 0.2) is 0 Å². The molecule has 0 aliphatic heterocycles. The molecule has 0 aromatic carbocycles. The maximum atomic E-state index is 12.5. The Labute approximate surface area is 106 Å². The van der Waals surface area contributed by atoms with Crippen LogP contribution in [0.15, 0.2) is 24.5 Å². The maximum Gasteiger partial charge on any atom is 0.417 e. The fourth-order valence-electron chi connectivity index (χ4n) is 1.66. The zero-order valence-electron chi connectivity index (χ0n) is 10.1. The number of aromatic nitrogens is 2. The van der Waals surface area contributed by atoms with Gasteiger partial charge in [0.05, 0.1) is 24.3 Å². The van der Waals surface area contributed by atoms with E-state index in [1.165, 1.54) is 16.7 Å². The van der Waals surface area contributed by atoms with E-state index in [0.717, 1.165) is 12.3 Å². The molecule has 0 bridgehead atoms. The Morgan fingerprint density at radius 1 is 1.37 bits per heavy atom. The molecule has 0 fully saturated rings. The zero-order valence-corrected chi connectivity index (χ0v) is 10.1. The van der Waals surface area contributed by atoms with Gasteiger partial charge in [-0.2, -0.15) is 13.2 Å². The largest absolute Gasteiger partial charge is 0.466 e. The minimum atomic E-state index is -4.40. The second kappa shape index (κ2) is 4.91. The molecule has 0 saturated heterocycles. The molecule has 7 heteroatoms. The second-order valence-corrected chi connectivity index (χ2v) is 3.90. The van der Waals surface area contributed by atoms with Crippen LogP contribution in [-0.4, -0.2) is 22.0 Å². The molecule has 0 aliphatic carbocycles. The molecular formula is C12H11F3N2O2. The quantitative estimate of drug-likeness (QED) is 0.806. The van der Waals surface area contributed by atoms with Crippen molar-refractivity contribution in [2.45, 2.75) is 19.5 Å². The average Bonchev–Trinajstić information content (AvgIpc) is 2.68. The number of pyridine rings is 1. The average molecular weight is 272 g/mol. The van der Waals surface area contributed by atoms with Gasteiger partial charge in [0.25, 0.3) is 0 Å². The number of carbonyl (C=O) groups is 1. The van der Waals surface area contributed by atoms with Crippen molar-refractivity contribution in [3.05, 3.63) is 35.8 Å². The van der Waals surface area contributed by atoms with E-state index < -0.39 is 17.7 Å². The van der Waals surface area contributed by atoms with Gasteiger partial charge in [-0.1, -0.05) is 0 Å². The smallest absolute Gasteiger partial charge is 0.417 e. The minimum Gasteiger partial charge on any atom is -0.466 e. The molecule has 4 nitrogen and oxygen atoms in total. The Bertz CT molecular complexity index is 605. The molecule has 2 aromatic heterocycles. The lowest BCUT2D eigenvalue weighted by Gasteiger charge is -2.05. The van der Waals surface area contributed by atoms with E-state index >= 15 is 0 Å². The van der Waals surface area contributed by atoms with Gasteiger partial charge >= 0.3 is 12.1 Å². The number of hydrogen-bond donors (Lipinski definition) is 0. The van der Waals surface area contributed by atoms with Crippen molar-refractivity contribution in [2.24, 2.45) is 0 Å². The molecule has 0 unspecified atom stereocenters. The van der Waals surface area contributed by atoms with Crippen LogP contribution in [-0.2, 0) is 22.1 Å². The third-order valence-corrected chi connectivity index (χ3v) is 2.46. The molecule has 102 valence electrons. The van der Waals surface area contributed by atoms with Crippen LogP contribution in [0.4, 0.5) is 13.2 Å². The van der Waals surface area contributed by atoms with Gasteiger partial charge in [-0.3, -0.25) is 4.79 Å². The molecule has 19 heavy (non-hydrogen) atoms. The van der Waals surface area contributed by atoms with Gasteiger partial charge in [-0.15, -0.1) is 0 Å². The molecule has 0 amide bonds. The van der Waals surface area contributed by atoms with Gasteiger partial charge in [0.1, 0.15) is 5.65 Å². The summed E-state index contributed by atoms with van der Waals surface area (Å²) in [5, 5.41) is 0. The van der Waals surface area contributed by atoms with E-state index in [1.807, 2.05) is 0 Å². The second-order valence-electron chi connectivity index (χ2n) is 3.90. The van der Waals surface area contributed by atoms with Crippen LogP contribution in [0.3, 0.4) is 0 Å². The standard InChI is InChI=1S/C12H11F3N2O2/c1-2-19-11(18)5-9-7-17-6-8(12(13,14)15)3-4-10(17)16-9/h3-4,6-7H,2,5H2,1H3. The molecule has 2 aromatic rings. The Balaban J connectivity index is 2.28. The summed E-state index contributed by atoms with van der Waals surface area (Å²) in [4.78, 5) is 15.3. The Hall–Kier alpha value is -2.05. The van der Waals surface area contributed by atoms with Crippen LogP contribution >= 0.6 is 0 Å². The number of ether oxygens (including phenoxy) is 1. The molecule has 0 aliphatic rings. The first-order valence-electron chi connectivity index (χ1n) is 5.60. The lowest BCUT2D eigenvalue weighted by Crippen LogP contribution is -2.07. The molecule has 0 spiro atoms. The number of halogens is 3. The molecule has 0 N–H and O–H groups in total. The topological polar surface area (TPSA) is 43.6 Å². The number of rotatable bonds is 3. The van der Waals surface area contributed by atoms with Crippen molar-refractivity contribution >= 4 is 11.6 Å². The van der Waals surface area contributed by atoms with E-state index in [-0.39, 0.29) is 13.0 Å². The fraction of sp³-hybridized carbons (Fsp3) is 0.333. The number of alkyl halides is 3. The van der Waals surface area contributed by atoms with Gasteiger partial charge in [0.2, 0.25) is 0 Å². The molecular weight excluding hydrogens is 261 g/mol. The molecule has 0 radical (unpaired) electrons. The summed E-state index contributed by atoms with van der Waals surface area (Å²) < 4.78 is 43.6. The van der Waals surface area contributed by atoms with E-state index in [9.17, 15) is 18.0 Å². The van der Waals surface area contributed by atoms with Crippen LogP contribution in [0, 0.1) is 0 Å². The summed E-state index contributed by atoms with van der Waals surface area (Å²) in [6.45, 7) is 1.93. The summed E-state index contributed by atoms with van der Waals surface area (Å²) in [6.07, 6.45) is -2.13. The van der Waals surface area contributed by atoms with Crippen molar-refractivity contribution in [3.63, 3.8) is 0 Å². The van der Waals surface area contributed by atoms with Crippen LogP contribution in [0.1, 0.15) is 18.2 Å². The van der Waals surface area contributed by atoms with E-state index in [2.05, 4.69) is 4.98 Å². The summed E-state index contributed by atoms with van der Waals surface area (Å²) in [5.41, 5.74) is -0.0369. The SMILES string of the molecule is CCOC(=O)Cc1cn2cc(C(F)(F)F)ccc2n1. The lowest BCUT2D eigenvalue weighted by atomic mass is 10.3. The molecule has 0 atom stereocenters. The van der Waals surface area contributed by atoms with Gasteiger partial charge in [-0.25, -0.2) is 4.98 Å². The zero-order chi connectivity index (χ0) is 14.0. The summed E-state index contributed by atoms with van der Waals surface area (Å²) in [5.74, 6) is -0.457.